The predicted molar refractivity (Wildman–Crippen MR) is 64.4 cm³/mol. The monoisotopic (exact) mass is 269 g/mol. The van der Waals surface area contributed by atoms with Crippen LogP contribution in [-0.2, 0) is 6.18 Å². The fraction of sp³-hybridized carbons (Fsp3) is 0.167. The van der Waals surface area contributed by atoms with Gasteiger partial charge in [0, 0.05) is 16.8 Å². The first-order chi connectivity index (χ1) is 8.79. The molecule has 0 aliphatic carbocycles. The largest absolute Gasteiger partial charge is 0.433 e. The normalized spacial score (nSPS) is 11.6. The Kier molecular flexibility index (Phi) is 3.05. The zero-order valence-electron chi connectivity index (χ0n) is 9.88. The lowest BCUT2D eigenvalue weighted by molar-refractivity contribution is -0.141. The second kappa shape index (κ2) is 4.42. The Balaban J connectivity index is 2.67. The fourth-order valence-corrected chi connectivity index (χ4v) is 1.63. The number of nitrogens with one attached hydrogen (secondary N) is 1. The highest BCUT2D eigenvalue weighted by Crippen LogP contribution is 2.30. The number of halogens is 3. The number of rotatable bonds is 1. The van der Waals surface area contributed by atoms with Gasteiger partial charge in [-0.25, -0.2) is 4.98 Å². The molecule has 3 N–H and O–H groups in total. The number of anilines is 1. The van der Waals surface area contributed by atoms with Gasteiger partial charge in [-0.15, -0.1) is 0 Å². The molecule has 0 amide bonds. The van der Waals surface area contributed by atoms with Crippen LogP contribution < -0.4 is 11.3 Å². The summed E-state index contributed by atoms with van der Waals surface area (Å²) in [5, 5.41) is 0. The van der Waals surface area contributed by atoms with Crippen molar-refractivity contribution in [1.29, 1.82) is 0 Å². The standard InChI is InChI=1S/C12H10F3N3O/c1-6-9(12(13,14)15)17-10(18-11(6)19)7-3-2-4-8(16)5-7/h2-5H,16H2,1H3,(H,17,18,19). The summed E-state index contributed by atoms with van der Waals surface area (Å²) in [5.74, 6) is -0.157. The van der Waals surface area contributed by atoms with Gasteiger partial charge in [-0.05, 0) is 19.1 Å². The van der Waals surface area contributed by atoms with Crippen LogP contribution >= 0.6 is 0 Å². The highest BCUT2D eigenvalue weighted by Gasteiger charge is 2.36. The van der Waals surface area contributed by atoms with Crippen LogP contribution in [-0.4, -0.2) is 9.97 Å². The van der Waals surface area contributed by atoms with Gasteiger partial charge in [0.25, 0.3) is 5.56 Å². The van der Waals surface area contributed by atoms with E-state index in [1.54, 1.807) is 12.1 Å². The lowest BCUT2D eigenvalue weighted by Crippen LogP contribution is -2.21. The molecule has 1 aromatic heterocycles. The maximum Gasteiger partial charge on any atom is 0.433 e. The maximum atomic E-state index is 12.8. The first-order valence-electron chi connectivity index (χ1n) is 5.33. The van der Waals surface area contributed by atoms with E-state index in [4.69, 9.17) is 5.73 Å². The summed E-state index contributed by atoms with van der Waals surface area (Å²) >= 11 is 0. The highest BCUT2D eigenvalue weighted by molar-refractivity contribution is 5.61. The van der Waals surface area contributed by atoms with Crippen LogP contribution in [0.4, 0.5) is 18.9 Å². The number of nitrogens with two attached hydrogens (primary N) is 1. The number of hydrogen-bond acceptors (Lipinski definition) is 3. The van der Waals surface area contributed by atoms with E-state index in [1.807, 2.05) is 0 Å². The first kappa shape index (κ1) is 13.1. The van der Waals surface area contributed by atoms with Crippen LogP contribution in [0.2, 0.25) is 0 Å². The SMILES string of the molecule is Cc1c(C(F)(F)F)nc(-c2cccc(N)c2)[nH]c1=O. The van der Waals surface area contributed by atoms with Crippen molar-refractivity contribution in [2.45, 2.75) is 13.1 Å². The van der Waals surface area contributed by atoms with E-state index in [1.165, 1.54) is 12.1 Å². The number of benzene rings is 1. The highest BCUT2D eigenvalue weighted by atomic mass is 19.4. The lowest BCUT2D eigenvalue weighted by atomic mass is 10.1. The van der Waals surface area contributed by atoms with Gasteiger partial charge in [0.15, 0.2) is 5.69 Å². The van der Waals surface area contributed by atoms with Crippen LogP contribution in [0.15, 0.2) is 29.1 Å². The van der Waals surface area contributed by atoms with Crippen LogP contribution in [0.5, 0.6) is 0 Å². The molecule has 0 aliphatic heterocycles. The Hall–Kier alpha value is -2.31. The van der Waals surface area contributed by atoms with Gasteiger partial charge < -0.3 is 10.7 Å². The Morgan fingerprint density at radius 3 is 2.58 bits per heavy atom. The van der Waals surface area contributed by atoms with Crippen molar-refractivity contribution < 1.29 is 13.2 Å². The molecule has 0 atom stereocenters. The van der Waals surface area contributed by atoms with Gasteiger partial charge in [-0.2, -0.15) is 13.2 Å². The molecule has 19 heavy (non-hydrogen) atoms. The average Bonchev–Trinajstić information content (AvgIpc) is 2.31. The number of nitrogens with zero attached hydrogens (tertiary/aromatic N) is 1. The van der Waals surface area contributed by atoms with Crippen LogP contribution in [0, 0.1) is 6.92 Å². The van der Waals surface area contributed by atoms with Crippen molar-refractivity contribution in [1.82, 2.24) is 9.97 Å². The Labute approximate surface area is 106 Å². The molecule has 0 aliphatic rings. The summed E-state index contributed by atoms with van der Waals surface area (Å²) in [4.78, 5) is 17.3. The van der Waals surface area contributed by atoms with E-state index in [9.17, 15) is 18.0 Å². The minimum absolute atomic E-state index is 0.157. The number of nitrogen functional groups attached to an aromatic ring is 1. The molecule has 0 radical (unpaired) electrons. The van der Waals surface area contributed by atoms with E-state index in [0.29, 0.717) is 11.3 Å². The Morgan fingerprint density at radius 2 is 2.00 bits per heavy atom. The number of alkyl halides is 3. The van der Waals surface area contributed by atoms with E-state index in [-0.39, 0.29) is 5.82 Å². The zero-order valence-corrected chi connectivity index (χ0v) is 9.88. The van der Waals surface area contributed by atoms with Gasteiger partial charge in [0.2, 0.25) is 0 Å². The number of aromatic nitrogens is 2. The van der Waals surface area contributed by atoms with Gasteiger partial charge in [0.1, 0.15) is 5.82 Å². The molecule has 0 fully saturated rings. The second-order valence-electron chi connectivity index (χ2n) is 4.01. The van der Waals surface area contributed by atoms with E-state index in [0.717, 1.165) is 6.92 Å². The van der Waals surface area contributed by atoms with Crippen molar-refractivity contribution in [3.63, 3.8) is 0 Å². The van der Waals surface area contributed by atoms with E-state index in [2.05, 4.69) is 9.97 Å². The molecule has 2 aromatic rings. The third-order valence-electron chi connectivity index (χ3n) is 2.58. The summed E-state index contributed by atoms with van der Waals surface area (Å²) in [5.41, 5.74) is 3.77. The summed E-state index contributed by atoms with van der Waals surface area (Å²) in [6.45, 7) is 1.08. The summed E-state index contributed by atoms with van der Waals surface area (Å²) < 4.78 is 38.3. The zero-order chi connectivity index (χ0) is 14.2. The van der Waals surface area contributed by atoms with E-state index >= 15 is 0 Å². The first-order valence-corrected chi connectivity index (χ1v) is 5.33. The molecule has 4 nitrogen and oxygen atoms in total. The van der Waals surface area contributed by atoms with Gasteiger partial charge >= 0.3 is 6.18 Å². The topological polar surface area (TPSA) is 71.8 Å². The third-order valence-corrected chi connectivity index (χ3v) is 2.58. The Bertz CT molecular complexity index is 677. The fourth-order valence-electron chi connectivity index (χ4n) is 1.63. The van der Waals surface area contributed by atoms with Crippen LogP contribution in [0.25, 0.3) is 11.4 Å². The molecule has 1 aromatic carbocycles. The number of H-pyrrole nitrogens is 1. The summed E-state index contributed by atoms with van der Waals surface area (Å²) in [6, 6.07) is 6.11. The smallest absolute Gasteiger partial charge is 0.399 e. The van der Waals surface area contributed by atoms with Crippen molar-refractivity contribution in [3.05, 3.63) is 45.9 Å². The van der Waals surface area contributed by atoms with Crippen molar-refractivity contribution >= 4 is 5.69 Å². The summed E-state index contributed by atoms with van der Waals surface area (Å²) in [7, 11) is 0. The maximum absolute atomic E-state index is 12.8. The summed E-state index contributed by atoms with van der Waals surface area (Å²) in [6.07, 6.45) is -4.67. The number of aromatic amines is 1. The average molecular weight is 269 g/mol. The molecule has 0 saturated carbocycles. The number of hydrogen-bond donors (Lipinski definition) is 2. The quantitative estimate of drug-likeness (QED) is 0.780. The molecular formula is C12H10F3N3O. The molecule has 0 bridgehead atoms. The third kappa shape index (κ3) is 2.59. The predicted octanol–water partition coefficient (Wildman–Crippen LogP) is 2.35. The van der Waals surface area contributed by atoms with Gasteiger partial charge in [-0.1, -0.05) is 12.1 Å². The minimum atomic E-state index is -4.67. The van der Waals surface area contributed by atoms with E-state index < -0.39 is 23.0 Å². The molecule has 1 heterocycles. The molecule has 100 valence electrons. The lowest BCUT2D eigenvalue weighted by Gasteiger charge is -2.10. The minimum Gasteiger partial charge on any atom is -0.399 e. The van der Waals surface area contributed by atoms with Crippen molar-refractivity contribution in [3.8, 4) is 11.4 Å². The van der Waals surface area contributed by atoms with Gasteiger partial charge in [0.05, 0.1) is 0 Å². The second-order valence-corrected chi connectivity index (χ2v) is 4.01. The van der Waals surface area contributed by atoms with Crippen LogP contribution in [0.1, 0.15) is 11.3 Å². The Morgan fingerprint density at radius 1 is 1.32 bits per heavy atom. The van der Waals surface area contributed by atoms with Crippen molar-refractivity contribution in [2.24, 2.45) is 0 Å². The molecule has 2 rings (SSSR count). The molecule has 0 saturated heterocycles. The molecular weight excluding hydrogens is 259 g/mol. The molecule has 0 spiro atoms. The van der Waals surface area contributed by atoms with Crippen LogP contribution in [0.3, 0.4) is 0 Å². The van der Waals surface area contributed by atoms with Gasteiger partial charge in [-0.3, -0.25) is 4.79 Å². The molecule has 0 unspecified atom stereocenters. The van der Waals surface area contributed by atoms with Crippen molar-refractivity contribution in [2.75, 3.05) is 5.73 Å². The molecule has 7 heteroatoms.